The Labute approximate surface area is 186 Å². The normalized spacial score (nSPS) is 10.5. The summed E-state index contributed by atoms with van der Waals surface area (Å²) in [7, 11) is 0. The van der Waals surface area contributed by atoms with Crippen molar-refractivity contribution in [2.45, 2.75) is 33.0 Å². The van der Waals surface area contributed by atoms with Gasteiger partial charge in [0.2, 0.25) is 0 Å². The van der Waals surface area contributed by atoms with Crippen molar-refractivity contribution in [3.8, 4) is 0 Å². The number of thiophene rings is 1. The van der Waals surface area contributed by atoms with Crippen LogP contribution in [0.25, 0.3) is 0 Å². The van der Waals surface area contributed by atoms with E-state index >= 15 is 0 Å². The Morgan fingerprint density at radius 3 is 2.10 bits per heavy atom. The molecule has 0 unspecified atom stereocenters. The molecule has 6 nitrogen and oxygen atoms in total. The van der Waals surface area contributed by atoms with E-state index in [1.807, 2.05) is 66.7 Å². The summed E-state index contributed by atoms with van der Waals surface area (Å²) in [5, 5.41) is 0. The van der Waals surface area contributed by atoms with Crippen molar-refractivity contribution < 1.29 is 19.2 Å². The van der Waals surface area contributed by atoms with Crippen LogP contribution >= 0.6 is 11.3 Å². The first-order valence-corrected chi connectivity index (χ1v) is 11.0. The maximum atomic E-state index is 12.7. The van der Waals surface area contributed by atoms with Crippen LogP contribution < -0.4 is 5.48 Å². The van der Waals surface area contributed by atoms with Gasteiger partial charge >= 0.3 is 12.1 Å². The smallest absolute Gasteiger partial charge is 0.418 e. The van der Waals surface area contributed by atoms with E-state index < -0.39 is 12.1 Å². The van der Waals surface area contributed by atoms with E-state index in [1.54, 1.807) is 11.3 Å². The Kier molecular flexibility index (Phi) is 8.63. The number of imide groups is 1. The lowest BCUT2D eigenvalue weighted by Crippen LogP contribution is -2.45. The number of aryl methyl sites for hydroxylation is 1. The highest BCUT2D eigenvalue weighted by molar-refractivity contribution is 7.11. The second-order valence-electron chi connectivity index (χ2n) is 6.84. The van der Waals surface area contributed by atoms with Crippen molar-refractivity contribution in [3.63, 3.8) is 0 Å². The zero-order valence-electron chi connectivity index (χ0n) is 17.5. The Morgan fingerprint density at radius 2 is 1.48 bits per heavy atom. The minimum absolute atomic E-state index is 0.0906. The predicted molar refractivity (Wildman–Crippen MR) is 120 cm³/mol. The molecule has 0 fully saturated rings. The summed E-state index contributed by atoms with van der Waals surface area (Å²) in [5.41, 5.74) is 4.11. The van der Waals surface area contributed by atoms with Crippen LogP contribution in [0.15, 0.2) is 72.8 Å². The van der Waals surface area contributed by atoms with Crippen LogP contribution in [0.2, 0.25) is 0 Å². The highest BCUT2D eigenvalue weighted by Gasteiger charge is 2.23. The SMILES string of the molecule is CCc1ccc(CCN(C(=O)NOCc2ccccc2)C(=O)OCc2ccccc2)s1. The number of nitrogens with zero attached hydrogens (tertiary/aromatic N) is 1. The fourth-order valence-electron chi connectivity index (χ4n) is 2.85. The van der Waals surface area contributed by atoms with Crippen molar-refractivity contribution in [1.82, 2.24) is 10.4 Å². The Balaban J connectivity index is 1.58. The minimum Gasteiger partial charge on any atom is -0.444 e. The average molecular weight is 439 g/mol. The van der Waals surface area contributed by atoms with Crippen LogP contribution in [0, 0.1) is 0 Å². The van der Waals surface area contributed by atoms with Gasteiger partial charge in [-0.05, 0) is 29.7 Å². The number of carbonyl (C=O) groups excluding carboxylic acids is 2. The van der Waals surface area contributed by atoms with Crippen LogP contribution in [0.5, 0.6) is 0 Å². The second kappa shape index (κ2) is 11.9. The molecule has 1 aromatic heterocycles. The molecular formula is C24H26N2O4S. The molecule has 0 bridgehead atoms. The standard InChI is InChI=1S/C24H26N2O4S/c1-2-21-13-14-22(31-21)15-16-26(24(28)29-17-19-9-5-3-6-10-19)23(27)25-30-18-20-11-7-4-8-12-20/h3-14H,2,15-18H2,1H3,(H,25,27). The first-order valence-electron chi connectivity index (χ1n) is 10.2. The lowest BCUT2D eigenvalue weighted by atomic mass is 10.2. The summed E-state index contributed by atoms with van der Waals surface area (Å²) in [6.07, 6.45) is 0.801. The van der Waals surface area contributed by atoms with Gasteiger partial charge in [0.1, 0.15) is 6.61 Å². The lowest BCUT2D eigenvalue weighted by molar-refractivity contribution is 0.0332. The van der Waals surface area contributed by atoms with Gasteiger partial charge in [0.15, 0.2) is 0 Å². The first-order chi connectivity index (χ1) is 15.2. The molecular weight excluding hydrogens is 412 g/mol. The van der Waals surface area contributed by atoms with E-state index in [0.29, 0.717) is 6.42 Å². The molecule has 3 amide bonds. The number of urea groups is 1. The summed E-state index contributed by atoms with van der Waals surface area (Å²) in [4.78, 5) is 34.0. The van der Waals surface area contributed by atoms with Gasteiger partial charge in [0, 0.05) is 22.7 Å². The summed E-state index contributed by atoms with van der Waals surface area (Å²) in [5.74, 6) is 0. The fraction of sp³-hybridized carbons (Fsp3) is 0.250. The monoisotopic (exact) mass is 438 g/mol. The van der Waals surface area contributed by atoms with Gasteiger partial charge in [-0.2, -0.15) is 0 Å². The number of nitrogens with one attached hydrogen (secondary N) is 1. The molecule has 0 spiro atoms. The number of ether oxygens (including phenoxy) is 1. The van der Waals surface area contributed by atoms with Gasteiger partial charge < -0.3 is 4.74 Å². The van der Waals surface area contributed by atoms with Crippen molar-refractivity contribution in [3.05, 3.63) is 93.7 Å². The van der Waals surface area contributed by atoms with E-state index in [4.69, 9.17) is 9.57 Å². The number of hydrogen-bond acceptors (Lipinski definition) is 5. The highest BCUT2D eigenvalue weighted by atomic mass is 32.1. The highest BCUT2D eigenvalue weighted by Crippen LogP contribution is 2.18. The number of carbonyl (C=O) groups is 2. The molecule has 31 heavy (non-hydrogen) atoms. The van der Waals surface area contributed by atoms with Crippen LogP contribution in [-0.2, 0) is 35.6 Å². The van der Waals surface area contributed by atoms with Gasteiger partial charge in [0.25, 0.3) is 0 Å². The second-order valence-corrected chi connectivity index (χ2v) is 8.10. The molecule has 3 rings (SSSR count). The summed E-state index contributed by atoms with van der Waals surface area (Å²) < 4.78 is 5.36. The van der Waals surface area contributed by atoms with Crippen LogP contribution in [-0.4, -0.2) is 23.6 Å². The Hall–Kier alpha value is -3.16. The van der Waals surface area contributed by atoms with Crippen molar-refractivity contribution in [1.29, 1.82) is 0 Å². The number of hydroxylamine groups is 1. The Morgan fingerprint density at radius 1 is 0.871 bits per heavy atom. The zero-order chi connectivity index (χ0) is 21.9. The molecule has 0 saturated heterocycles. The molecule has 1 heterocycles. The van der Waals surface area contributed by atoms with E-state index in [1.165, 1.54) is 4.88 Å². The van der Waals surface area contributed by atoms with Crippen molar-refractivity contribution in [2.75, 3.05) is 6.54 Å². The minimum atomic E-state index is -0.711. The largest absolute Gasteiger partial charge is 0.444 e. The maximum Gasteiger partial charge on any atom is 0.418 e. The third-order valence-corrected chi connectivity index (χ3v) is 5.85. The molecule has 0 aliphatic carbocycles. The molecule has 0 saturated carbocycles. The predicted octanol–water partition coefficient (Wildman–Crippen LogP) is 5.33. The number of hydrogen-bond donors (Lipinski definition) is 1. The van der Waals surface area contributed by atoms with Crippen molar-refractivity contribution in [2.24, 2.45) is 0 Å². The van der Waals surface area contributed by atoms with Gasteiger partial charge in [-0.25, -0.2) is 20.0 Å². The average Bonchev–Trinajstić information content (AvgIpc) is 3.27. The Bertz CT molecular complexity index is 960. The van der Waals surface area contributed by atoms with Crippen LogP contribution in [0.3, 0.4) is 0 Å². The fourth-order valence-corrected chi connectivity index (χ4v) is 3.80. The van der Waals surface area contributed by atoms with Gasteiger partial charge in [0.05, 0.1) is 6.61 Å². The maximum absolute atomic E-state index is 12.7. The molecule has 3 aromatic rings. The van der Waals surface area contributed by atoms with Gasteiger partial charge in [-0.15, -0.1) is 11.3 Å². The third kappa shape index (κ3) is 7.24. The van der Waals surface area contributed by atoms with Crippen LogP contribution in [0.1, 0.15) is 27.8 Å². The van der Waals surface area contributed by atoms with E-state index in [0.717, 1.165) is 27.3 Å². The van der Waals surface area contributed by atoms with E-state index in [9.17, 15) is 9.59 Å². The molecule has 7 heteroatoms. The topological polar surface area (TPSA) is 67.9 Å². The first kappa shape index (κ1) is 22.5. The number of amides is 3. The quantitative estimate of drug-likeness (QED) is 0.458. The molecule has 0 atom stereocenters. The molecule has 1 N–H and O–H groups in total. The molecule has 0 aliphatic rings. The molecule has 0 aliphatic heterocycles. The molecule has 2 aromatic carbocycles. The summed E-state index contributed by atoms with van der Waals surface area (Å²) in [6, 6.07) is 22.3. The molecule has 0 radical (unpaired) electrons. The van der Waals surface area contributed by atoms with E-state index in [2.05, 4.69) is 18.5 Å². The molecule has 162 valence electrons. The van der Waals surface area contributed by atoms with E-state index in [-0.39, 0.29) is 19.8 Å². The summed E-state index contributed by atoms with van der Waals surface area (Å²) >= 11 is 1.68. The van der Waals surface area contributed by atoms with Crippen LogP contribution in [0.4, 0.5) is 9.59 Å². The van der Waals surface area contributed by atoms with Gasteiger partial charge in [-0.3, -0.25) is 4.84 Å². The number of benzene rings is 2. The lowest BCUT2D eigenvalue weighted by Gasteiger charge is -2.20. The van der Waals surface area contributed by atoms with Crippen molar-refractivity contribution >= 4 is 23.5 Å². The summed E-state index contributed by atoms with van der Waals surface area (Å²) in [6.45, 7) is 2.58. The third-order valence-electron chi connectivity index (χ3n) is 4.56. The number of rotatable bonds is 9. The van der Waals surface area contributed by atoms with Gasteiger partial charge in [-0.1, -0.05) is 67.6 Å². The zero-order valence-corrected chi connectivity index (χ0v) is 18.3.